The van der Waals surface area contributed by atoms with Crippen molar-refractivity contribution in [1.29, 1.82) is 5.26 Å². The minimum absolute atomic E-state index is 0.711. The maximum atomic E-state index is 9.27. The molecule has 0 amide bonds. The summed E-state index contributed by atoms with van der Waals surface area (Å²) in [6.07, 6.45) is 1.83. The van der Waals surface area contributed by atoms with Crippen molar-refractivity contribution in [3.05, 3.63) is 60.3 Å². The SMILES string of the molecule is CCSc1ncccc1-c1ccc(C#N)c2ccccc12. The summed E-state index contributed by atoms with van der Waals surface area (Å²) in [4.78, 5) is 4.49. The van der Waals surface area contributed by atoms with Crippen LogP contribution in [0.3, 0.4) is 0 Å². The van der Waals surface area contributed by atoms with Gasteiger partial charge >= 0.3 is 0 Å². The molecule has 0 saturated heterocycles. The zero-order valence-electron chi connectivity index (χ0n) is 11.7. The quantitative estimate of drug-likeness (QED) is 0.645. The zero-order chi connectivity index (χ0) is 14.7. The third kappa shape index (κ3) is 2.51. The number of pyridine rings is 1. The summed E-state index contributed by atoms with van der Waals surface area (Å²) in [6.45, 7) is 2.13. The first kappa shape index (κ1) is 13.7. The normalized spacial score (nSPS) is 10.5. The molecule has 0 fully saturated rings. The molecule has 0 saturated carbocycles. The van der Waals surface area contributed by atoms with Crippen molar-refractivity contribution in [2.75, 3.05) is 5.75 Å². The monoisotopic (exact) mass is 290 g/mol. The van der Waals surface area contributed by atoms with Crippen LogP contribution < -0.4 is 0 Å². The Bertz CT molecular complexity index is 834. The van der Waals surface area contributed by atoms with Crippen LogP contribution in [0.4, 0.5) is 0 Å². The number of benzene rings is 2. The van der Waals surface area contributed by atoms with Crippen LogP contribution in [0.1, 0.15) is 12.5 Å². The molecule has 0 aliphatic carbocycles. The standard InChI is InChI=1S/C18H14N2S/c1-2-21-18-17(8-5-11-20-18)16-10-9-13(12-19)14-6-3-4-7-15(14)16/h3-11H,2H2,1H3. The summed E-state index contributed by atoms with van der Waals surface area (Å²) in [5.41, 5.74) is 2.97. The van der Waals surface area contributed by atoms with Gasteiger partial charge in [0, 0.05) is 17.1 Å². The highest BCUT2D eigenvalue weighted by molar-refractivity contribution is 7.99. The van der Waals surface area contributed by atoms with E-state index in [-0.39, 0.29) is 0 Å². The van der Waals surface area contributed by atoms with Gasteiger partial charge in [0.25, 0.3) is 0 Å². The lowest BCUT2D eigenvalue weighted by atomic mass is 9.96. The molecule has 21 heavy (non-hydrogen) atoms. The van der Waals surface area contributed by atoms with Crippen LogP contribution in [-0.2, 0) is 0 Å². The zero-order valence-corrected chi connectivity index (χ0v) is 12.5. The summed E-state index contributed by atoms with van der Waals surface area (Å²) in [6, 6.07) is 18.3. The number of nitriles is 1. The molecule has 1 aromatic heterocycles. The van der Waals surface area contributed by atoms with Crippen molar-refractivity contribution < 1.29 is 0 Å². The van der Waals surface area contributed by atoms with Crippen molar-refractivity contribution in [2.24, 2.45) is 0 Å². The average molecular weight is 290 g/mol. The molecule has 102 valence electrons. The van der Waals surface area contributed by atoms with Gasteiger partial charge in [-0.3, -0.25) is 0 Å². The van der Waals surface area contributed by atoms with E-state index in [1.54, 1.807) is 11.8 Å². The topological polar surface area (TPSA) is 36.7 Å². The van der Waals surface area contributed by atoms with E-state index < -0.39 is 0 Å². The molecule has 2 nitrogen and oxygen atoms in total. The molecule has 0 radical (unpaired) electrons. The number of thioether (sulfide) groups is 1. The van der Waals surface area contributed by atoms with E-state index in [0.29, 0.717) is 5.56 Å². The van der Waals surface area contributed by atoms with Crippen LogP contribution in [-0.4, -0.2) is 10.7 Å². The first-order valence-electron chi connectivity index (χ1n) is 6.85. The van der Waals surface area contributed by atoms with Gasteiger partial charge in [-0.2, -0.15) is 5.26 Å². The average Bonchev–Trinajstić information content (AvgIpc) is 2.55. The van der Waals surface area contributed by atoms with E-state index in [2.05, 4.69) is 30.1 Å². The Kier molecular flexibility index (Phi) is 3.89. The van der Waals surface area contributed by atoms with Crippen molar-refractivity contribution in [1.82, 2.24) is 4.98 Å². The summed E-state index contributed by atoms with van der Waals surface area (Å²) in [5, 5.41) is 12.4. The Morgan fingerprint density at radius 2 is 1.81 bits per heavy atom. The number of rotatable bonds is 3. The Morgan fingerprint density at radius 1 is 1.00 bits per heavy atom. The van der Waals surface area contributed by atoms with Gasteiger partial charge in [0.1, 0.15) is 5.03 Å². The van der Waals surface area contributed by atoms with Gasteiger partial charge in [-0.05, 0) is 28.8 Å². The molecule has 3 aromatic rings. The second kappa shape index (κ2) is 5.99. The number of fused-ring (bicyclic) bond motifs is 1. The molecule has 3 heteroatoms. The lowest BCUT2D eigenvalue weighted by Gasteiger charge is -2.11. The Balaban J connectivity index is 2.30. The molecule has 0 bridgehead atoms. The number of hydrogen-bond acceptors (Lipinski definition) is 3. The van der Waals surface area contributed by atoms with E-state index in [4.69, 9.17) is 0 Å². The van der Waals surface area contributed by atoms with Crippen LogP contribution in [0.5, 0.6) is 0 Å². The van der Waals surface area contributed by atoms with E-state index in [0.717, 1.165) is 32.7 Å². The second-order valence-corrected chi connectivity index (χ2v) is 5.86. The van der Waals surface area contributed by atoms with Gasteiger partial charge in [-0.25, -0.2) is 4.98 Å². The second-order valence-electron chi connectivity index (χ2n) is 4.61. The Morgan fingerprint density at radius 3 is 2.57 bits per heavy atom. The molecule has 0 aliphatic heterocycles. The summed E-state index contributed by atoms with van der Waals surface area (Å²) in [5.74, 6) is 0.984. The molecule has 2 aromatic carbocycles. The smallest absolute Gasteiger partial charge is 0.104 e. The van der Waals surface area contributed by atoms with Gasteiger partial charge in [-0.15, -0.1) is 11.8 Å². The number of hydrogen-bond donors (Lipinski definition) is 0. The molecule has 0 spiro atoms. The van der Waals surface area contributed by atoms with Crippen LogP contribution in [0.25, 0.3) is 21.9 Å². The van der Waals surface area contributed by atoms with Crippen molar-refractivity contribution in [3.63, 3.8) is 0 Å². The number of nitrogens with zero attached hydrogens (tertiary/aromatic N) is 2. The van der Waals surface area contributed by atoms with E-state index in [1.165, 1.54) is 0 Å². The molecule has 0 unspecified atom stereocenters. The summed E-state index contributed by atoms with van der Waals surface area (Å²) in [7, 11) is 0. The minimum Gasteiger partial charge on any atom is -0.249 e. The molecule has 0 atom stereocenters. The van der Waals surface area contributed by atoms with Gasteiger partial charge in [-0.1, -0.05) is 43.3 Å². The highest BCUT2D eigenvalue weighted by Gasteiger charge is 2.11. The third-order valence-corrected chi connectivity index (χ3v) is 4.27. The Hall–Kier alpha value is -2.31. The van der Waals surface area contributed by atoms with Crippen molar-refractivity contribution in [3.8, 4) is 17.2 Å². The summed E-state index contributed by atoms with van der Waals surface area (Å²) < 4.78 is 0. The van der Waals surface area contributed by atoms with Crippen LogP contribution in [0.15, 0.2) is 59.8 Å². The lowest BCUT2D eigenvalue weighted by Crippen LogP contribution is -1.89. The van der Waals surface area contributed by atoms with E-state index >= 15 is 0 Å². The largest absolute Gasteiger partial charge is 0.249 e. The molecule has 3 rings (SSSR count). The highest BCUT2D eigenvalue weighted by Crippen LogP contribution is 2.35. The first-order valence-corrected chi connectivity index (χ1v) is 7.83. The van der Waals surface area contributed by atoms with Gasteiger partial charge in [0.2, 0.25) is 0 Å². The van der Waals surface area contributed by atoms with Gasteiger partial charge in [0.15, 0.2) is 0 Å². The molecule has 0 aliphatic rings. The van der Waals surface area contributed by atoms with E-state index in [1.807, 2.05) is 42.6 Å². The fourth-order valence-electron chi connectivity index (χ4n) is 2.48. The maximum absolute atomic E-state index is 9.27. The molecule has 1 heterocycles. The fraction of sp³-hybridized carbons (Fsp3) is 0.111. The predicted molar refractivity (Wildman–Crippen MR) is 88.3 cm³/mol. The number of aromatic nitrogens is 1. The van der Waals surface area contributed by atoms with Crippen LogP contribution in [0, 0.1) is 11.3 Å². The first-order chi connectivity index (χ1) is 10.3. The predicted octanol–water partition coefficient (Wildman–Crippen LogP) is 4.89. The molecular weight excluding hydrogens is 276 g/mol. The third-order valence-electron chi connectivity index (χ3n) is 3.39. The summed E-state index contributed by atoms with van der Waals surface area (Å²) >= 11 is 1.74. The highest BCUT2D eigenvalue weighted by atomic mass is 32.2. The Labute approximate surface area is 128 Å². The molecular formula is C18H14N2S. The lowest BCUT2D eigenvalue weighted by molar-refractivity contribution is 1.14. The maximum Gasteiger partial charge on any atom is 0.104 e. The van der Waals surface area contributed by atoms with Gasteiger partial charge < -0.3 is 0 Å². The fourth-order valence-corrected chi connectivity index (χ4v) is 3.22. The van der Waals surface area contributed by atoms with Crippen LogP contribution >= 0.6 is 11.8 Å². The minimum atomic E-state index is 0.711. The molecule has 0 N–H and O–H groups in total. The van der Waals surface area contributed by atoms with Crippen molar-refractivity contribution >= 4 is 22.5 Å². The van der Waals surface area contributed by atoms with Crippen molar-refractivity contribution in [2.45, 2.75) is 11.9 Å². The van der Waals surface area contributed by atoms with Gasteiger partial charge in [0.05, 0.1) is 11.6 Å². The van der Waals surface area contributed by atoms with Crippen LogP contribution in [0.2, 0.25) is 0 Å². The van der Waals surface area contributed by atoms with E-state index in [9.17, 15) is 5.26 Å².